The summed E-state index contributed by atoms with van der Waals surface area (Å²) >= 11 is 5.39. The summed E-state index contributed by atoms with van der Waals surface area (Å²) in [5.41, 5.74) is -1.12. The average Bonchev–Trinajstić information content (AvgIpc) is 3.16. The van der Waals surface area contributed by atoms with Gasteiger partial charge in [-0.15, -0.1) is 19.3 Å². The maximum Gasteiger partial charge on any atom is 0.223 e. The van der Waals surface area contributed by atoms with E-state index in [1.807, 2.05) is 20.8 Å². The molecule has 0 heterocycles. The Hall–Kier alpha value is -3.11. The van der Waals surface area contributed by atoms with Crippen molar-refractivity contribution >= 4 is 41.9 Å². The molecule has 5 N–H and O–H groups in total. The lowest BCUT2D eigenvalue weighted by Crippen LogP contribution is -2.54. The molecule has 0 aromatic carbocycles. The van der Waals surface area contributed by atoms with Crippen molar-refractivity contribution in [3.63, 3.8) is 0 Å². The zero-order chi connectivity index (χ0) is 43.1. The highest BCUT2D eigenvalue weighted by atomic mass is 32.5. The quantitative estimate of drug-likeness (QED) is 0.0354. The summed E-state index contributed by atoms with van der Waals surface area (Å²) in [6.45, 7) is 6.25. The van der Waals surface area contributed by atoms with E-state index in [0.717, 1.165) is 0 Å². The van der Waals surface area contributed by atoms with E-state index in [9.17, 15) is 24.1 Å². The van der Waals surface area contributed by atoms with Crippen LogP contribution in [0.2, 0.25) is 0 Å². The number of amides is 4. The summed E-state index contributed by atoms with van der Waals surface area (Å²) in [4.78, 5) is 63.8. The van der Waals surface area contributed by atoms with Crippen LogP contribution in [0.25, 0.3) is 0 Å². The number of carbonyl (C=O) groups is 4. The lowest BCUT2D eigenvalue weighted by atomic mass is 9.78. The van der Waals surface area contributed by atoms with Crippen molar-refractivity contribution < 1.29 is 57.0 Å². The number of hydrogen-bond donors (Lipinski definition) is 5. The number of ether oxygens (including phenoxy) is 6. The van der Waals surface area contributed by atoms with E-state index in [2.05, 4.69) is 39.0 Å². The summed E-state index contributed by atoms with van der Waals surface area (Å²) in [5.74, 6) is 5.48. The lowest BCUT2D eigenvalue weighted by molar-refractivity contribution is -0.134. The Morgan fingerprint density at radius 1 is 0.638 bits per heavy atom. The topological polar surface area (TPSA) is 201 Å². The predicted octanol–water partition coefficient (Wildman–Crippen LogP) is 1.43. The van der Waals surface area contributed by atoms with Crippen LogP contribution in [0.4, 0.5) is 0 Å². The molecule has 58 heavy (non-hydrogen) atoms. The summed E-state index contributed by atoms with van der Waals surface area (Å²) in [6, 6.07) is 0. The summed E-state index contributed by atoms with van der Waals surface area (Å²) < 4.78 is 37.8. The largest absolute Gasteiger partial charge is 0.377 e. The van der Waals surface area contributed by atoms with Gasteiger partial charge in [0.15, 0.2) is 6.49 Å². The molecule has 18 heteroatoms. The molecule has 1 aliphatic carbocycles. The molecule has 1 atom stereocenters. The molecule has 4 amide bonds. The first-order valence-corrected chi connectivity index (χ1v) is 22.3. The van der Waals surface area contributed by atoms with Crippen LogP contribution in [-0.2, 0) is 63.9 Å². The van der Waals surface area contributed by atoms with Crippen LogP contribution in [0, 0.1) is 42.9 Å². The fourth-order valence-electron chi connectivity index (χ4n) is 5.32. The molecule has 0 spiro atoms. The van der Waals surface area contributed by atoms with Gasteiger partial charge in [-0.2, -0.15) is 0 Å². The van der Waals surface area contributed by atoms with Gasteiger partial charge in [0.2, 0.25) is 23.6 Å². The third-order valence-corrected chi connectivity index (χ3v) is 13.0. The Labute approximate surface area is 350 Å². The summed E-state index contributed by atoms with van der Waals surface area (Å²) in [5, 5.41) is 11.0. The molecule has 0 saturated heterocycles. The second-order valence-corrected chi connectivity index (χ2v) is 18.6. The van der Waals surface area contributed by atoms with Gasteiger partial charge in [-0.25, -0.2) is 0 Å². The SMILES string of the molecule is C#CCOCCOCCNC(=O)CCC(CCC(=O)NCCOCCOCC#C)(CCC(=O)NCCOCCOCC#C)NC(=O)C1CC(OP(O)(=S)C(C)(C)C)C1. The van der Waals surface area contributed by atoms with Gasteiger partial charge in [0.25, 0.3) is 0 Å². The Morgan fingerprint density at radius 2 is 0.983 bits per heavy atom. The molecule has 0 radical (unpaired) electrons. The van der Waals surface area contributed by atoms with Crippen LogP contribution in [0.1, 0.15) is 72.1 Å². The molecule has 0 aromatic heterocycles. The van der Waals surface area contributed by atoms with Gasteiger partial charge in [-0.05, 0) is 43.9 Å². The first-order valence-electron chi connectivity index (χ1n) is 19.6. The number of rotatable bonds is 34. The van der Waals surface area contributed by atoms with Crippen molar-refractivity contribution in [1.29, 1.82) is 0 Å². The lowest BCUT2D eigenvalue weighted by Gasteiger charge is -2.42. The normalized spacial score (nSPS) is 16.1. The fourth-order valence-corrected chi connectivity index (χ4v) is 6.57. The van der Waals surface area contributed by atoms with E-state index in [4.69, 9.17) is 64.0 Å². The zero-order valence-electron chi connectivity index (χ0n) is 34.4. The first-order chi connectivity index (χ1) is 27.7. The second kappa shape index (κ2) is 30.9. The number of hydrogen-bond acceptors (Lipinski definition) is 12. The third-order valence-electron chi connectivity index (χ3n) is 8.86. The predicted molar refractivity (Wildman–Crippen MR) is 223 cm³/mol. The molecule has 1 fully saturated rings. The van der Waals surface area contributed by atoms with Crippen LogP contribution in [0.15, 0.2) is 0 Å². The van der Waals surface area contributed by atoms with Crippen molar-refractivity contribution in [1.82, 2.24) is 21.3 Å². The molecule has 0 bridgehead atoms. The van der Waals surface area contributed by atoms with E-state index in [1.165, 1.54) is 0 Å². The van der Waals surface area contributed by atoms with Gasteiger partial charge in [0.1, 0.15) is 19.8 Å². The number of terminal acetylenes is 3. The molecule has 16 nitrogen and oxygen atoms in total. The molecule has 1 rings (SSSR count). The Morgan fingerprint density at radius 3 is 1.31 bits per heavy atom. The Kier molecular flexibility index (Phi) is 28.2. The van der Waals surface area contributed by atoms with Crippen LogP contribution in [-0.4, -0.2) is 144 Å². The van der Waals surface area contributed by atoms with Gasteiger partial charge in [-0.1, -0.05) is 38.5 Å². The van der Waals surface area contributed by atoms with Crippen molar-refractivity contribution in [2.24, 2.45) is 5.92 Å². The highest BCUT2D eigenvalue weighted by molar-refractivity contribution is 8.10. The van der Waals surface area contributed by atoms with Crippen molar-refractivity contribution in [3.05, 3.63) is 0 Å². The Balaban J connectivity index is 3.02. The van der Waals surface area contributed by atoms with Gasteiger partial charge >= 0.3 is 0 Å². The maximum atomic E-state index is 13.8. The Bertz CT molecular complexity index is 1290. The van der Waals surface area contributed by atoms with Crippen molar-refractivity contribution in [2.45, 2.75) is 88.9 Å². The van der Waals surface area contributed by atoms with E-state index >= 15 is 0 Å². The van der Waals surface area contributed by atoms with Gasteiger partial charge in [0.05, 0.1) is 65.6 Å². The zero-order valence-corrected chi connectivity index (χ0v) is 36.2. The standard InChI is InChI=1S/C40H65N4O12PS/c1-7-19-50-25-28-53-22-16-41-35(45)10-13-40(14-11-36(46)42-17-23-54-29-26-51-20-8-2,15-12-37(47)43-18-24-55-30-27-52-21-9-3)44-38(48)33-31-34(32-33)56-57(49,58)39(4,5)6/h1-3,33-34H,10-32H2,4-6H3,(H,41,45)(H,42,46)(H,43,47)(H,44,48)(H,49,58). The minimum Gasteiger partial charge on any atom is -0.377 e. The smallest absolute Gasteiger partial charge is 0.223 e. The molecule has 1 saturated carbocycles. The third kappa shape index (κ3) is 24.7. The van der Waals surface area contributed by atoms with Crippen LogP contribution < -0.4 is 21.3 Å². The number of carbonyl (C=O) groups excluding carboxylic acids is 4. The molecular weight excluding hydrogens is 791 g/mol. The highest BCUT2D eigenvalue weighted by Crippen LogP contribution is 2.58. The average molecular weight is 857 g/mol. The van der Waals surface area contributed by atoms with E-state index < -0.39 is 23.1 Å². The first kappa shape index (κ1) is 52.9. The summed E-state index contributed by atoms with van der Waals surface area (Å²) in [6.07, 6.45) is 16.2. The molecule has 0 aromatic rings. The highest BCUT2D eigenvalue weighted by Gasteiger charge is 2.43. The van der Waals surface area contributed by atoms with E-state index in [-0.39, 0.29) is 128 Å². The van der Waals surface area contributed by atoms with Crippen molar-refractivity contribution in [2.75, 3.05) is 98.9 Å². The molecule has 1 unspecified atom stereocenters. The fraction of sp³-hybridized carbons (Fsp3) is 0.750. The van der Waals surface area contributed by atoms with E-state index in [1.54, 1.807) is 0 Å². The van der Waals surface area contributed by atoms with Gasteiger partial charge in [0, 0.05) is 55.5 Å². The van der Waals surface area contributed by atoms with Gasteiger partial charge in [-0.3, -0.25) is 19.2 Å². The molecule has 1 aliphatic rings. The minimum absolute atomic E-state index is 0.00454. The number of nitrogens with one attached hydrogen (secondary N) is 4. The van der Waals surface area contributed by atoms with E-state index in [0.29, 0.717) is 52.5 Å². The van der Waals surface area contributed by atoms with Crippen LogP contribution in [0.3, 0.4) is 0 Å². The molecular formula is C40H65N4O12PS. The van der Waals surface area contributed by atoms with Crippen LogP contribution >= 0.6 is 6.49 Å². The maximum absolute atomic E-state index is 13.8. The second-order valence-electron chi connectivity index (χ2n) is 14.5. The molecule has 328 valence electrons. The minimum atomic E-state index is -3.12. The van der Waals surface area contributed by atoms with Crippen LogP contribution in [0.5, 0.6) is 0 Å². The summed E-state index contributed by atoms with van der Waals surface area (Å²) in [7, 11) is 0. The molecule has 0 aliphatic heterocycles. The monoisotopic (exact) mass is 856 g/mol. The van der Waals surface area contributed by atoms with Gasteiger partial charge < -0.3 is 59.1 Å². The van der Waals surface area contributed by atoms with Crippen molar-refractivity contribution in [3.8, 4) is 37.0 Å².